The number of likely N-dealkylation sites (tertiary alicyclic amines) is 1. The molecule has 0 atom stereocenters. The van der Waals surface area contributed by atoms with Crippen molar-refractivity contribution < 1.29 is 9.32 Å². The number of hydrogen-bond donors (Lipinski definition) is 0. The number of aromatic nitrogens is 2. The van der Waals surface area contributed by atoms with E-state index in [2.05, 4.69) is 14.7 Å². The Balaban J connectivity index is 1.91. The Morgan fingerprint density at radius 1 is 1.62 bits per heavy atom. The van der Waals surface area contributed by atoms with Gasteiger partial charge in [0.1, 0.15) is 5.78 Å². The van der Waals surface area contributed by atoms with E-state index < -0.39 is 0 Å². The summed E-state index contributed by atoms with van der Waals surface area (Å²) < 4.78 is 4.61. The summed E-state index contributed by atoms with van der Waals surface area (Å²) in [6.45, 7) is 2.08. The Hall–Kier alpha value is -1.23. The van der Waals surface area contributed by atoms with E-state index in [9.17, 15) is 4.79 Å². The quantitative estimate of drug-likeness (QED) is 0.653. The number of hydrogen-bond acceptors (Lipinski definition) is 5. The topological polar surface area (TPSA) is 59.2 Å². The number of Topliss-reactive ketones (excluding diaryl/α,β-unsaturated/α-hetero) is 1. The molecule has 1 saturated heterocycles. The zero-order valence-corrected chi connectivity index (χ0v) is 7.27. The first-order chi connectivity index (χ1) is 6.34. The number of ketones is 1. The van der Waals surface area contributed by atoms with E-state index in [1.807, 2.05) is 4.90 Å². The largest absolute Gasteiger partial charge is 0.343 e. The molecule has 0 radical (unpaired) electrons. The molecule has 0 bridgehead atoms. The third-order valence-electron chi connectivity index (χ3n) is 2.10. The van der Waals surface area contributed by atoms with Crippen LogP contribution in [0.25, 0.3) is 0 Å². The van der Waals surface area contributed by atoms with Crippen LogP contribution in [0.5, 0.6) is 0 Å². The van der Waals surface area contributed by atoms with Crippen LogP contribution in [-0.2, 0) is 11.3 Å². The molecule has 0 spiro atoms. The molecular formula is C8H11N3O2. The van der Waals surface area contributed by atoms with Crippen molar-refractivity contribution >= 4 is 5.78 Å². The normalized spacial score (nSPS) is 19.2. The number of carbonyl (C=O) groups is 1. The average Bonchev–Trinajstić information content (AvgIpc) is 2.57. The lowest BCUT2D eigenvalue weighted by atomic mass is 10.1. The molecule has 5 heteroatoms. The van der Waals surface area contributed by atoms with Crippen molar-refractivity contribution in [3.8, 4) is 0 Å². The van der Waals surface area contributed by atoms with Crippen molar-refractivity contribution in [3.63, 3.8) is 0 Å². The summed E-state index contributed by atoms with van der Waals surface area (Å²) in [7, 11) is 0. The van der Waals surface area contributed by atoms with Crippen LogP contribution in [0.2, 0.25) is 0 Å². The first-order valence-electron chi connectivity index (χ1n) is 4.34. The smallest absolute Gasteiger partial charge is 0.213 e. The van der Waals surface area contributed by atoms with Gasteiger partial charge >= 0.3 is 0 Å². The van der Waals surface area contributed by atoms with Crippen molar-refractivity contribution in [2.45, 2.75) is 19.4 Å². The predicted molar refractivity (Wildman–Crippen MR) is 43.8 cm³/mol. The summed E-state index contributed by atoms with van der Waals surface area (Å²) in [4.78, 5) is 17.0. The van der Waals surface area contributed by atoms with Crippen molar-refractivity contribution in [3.05, 3.63) is 12.2 Å². The van der Waals surface area contributed by atoms with Crippen LogP contribution in [0, 0.1) is 0 Å². The molecule has 0 amide bonds. The van der Waals surface area contributed by atoms with E-state index in [-0.39, 0.29) is 0 Å². The monoisotopic (exact) mass is 181 g/mol. The third-order valence-corrected chi connectivity index (χ3v) is 2.10. The highest BCUT2D eigenvalue weighted by molar-refractivity contribution is 5.81. The molecule has 1 aliphatic heterocycles. The summed E-state index contributed by atoms with van der Waals surface area (Å²) in [6.07, 6.45) is 2.96. The lowest BCUT2D eigenvalue weighted by Gasteiger charge is -2.23. The molecule has 2 rings (SSSR count). The minimum absolute atomic E-state index is 0.301. The molecule has 0 saturated carbocycles. The molecular weight excluding hydrogens is 170 g/mol. The fourth-order valence-corrected chi connectivity index (χ4v) is 1.50. The lowest BCUT2D eigenvalue weighted by molar-refractivity contribution is -0.122. The average molecular weight is 181 g/mol. The van der Waals surface area contributed by atoms with Crippen LogP contribution >= 0.6 is 0 Å². The second kappa shape index (κ2) is 3.66. The van der Waals surface area contributed by atoms with Gasteiger partial charge < -0.3 is 4.52 Å². The van der Waals surface area contributed by atoms with Gasteiger partial charge in [0.15, 0.2) is 5.82 Å². The highest BCUT2D eigenvalue weighted by Gasteiger charge is 2.17. The molecule has 1 aliphatic rings. The molecule has 0 unspecified atom stereocenters. The maximum Gasteiger partial charge on any atom is 0.213 e. The van der Waals surface area contributed by atoms with Gasteiger partial charge in [-0.3, -0.25) is 9.69 Å². The van der Waals surface area contributed by atoms with Crippen LogP contribution < -0.4 is 0 Å². The van der Waals surface area contributed by atoms with Crippen molar-refractivity contribution in [1.29, 1.82) is 0 Å². The molecule has 5 nitrogen and oxygen atoms in total. The number of carbonyl (C=O) groups excluding carboxylic acids is 1. The van der Waals surface area contributed by atoms with Gasteiger partial charge in [-0.05, 0) is 13.0 Å². The highest BCUT2D eigenvalue weighted by atomic mass is 16.5. The SMILES string of the molecule is O=C1CCCN(Cc2ncon2)C1. The van der Waals surface area contributed by atoms with Gasteiger partial charge in [-0.1, -0.05) is 5.16 Å². The van der Waals surface area contributed by atoms with Crippen molar-refractivity contribution in [1.82, 2.24) is 15.0 Å². The Morgan fingerprint density at radius 2 is 2.54 bits per heavy atom. The Bertz CT molecular complexity index is 284. The fourth-order valence-electron chi connectivity index (χ4n) is 1.50. The highest BCUT2D eigenvalue weighted by Crippen LogP contribution is 2.08. The minimum Gasteiger partial charge on any atom is -0.343 e. The second-order valence-electron chi connectivity index (χ2n) is 3.20. The number of rotatable bonds is 2. The van der Waals surface area contributed by atoms with Gasteiger partial charge in [0.25, 0.3) is 0 Å². The van der Waals surface area contributed by atoms with Gasteiger partial charge in [0.05, 0.1) is 13.1 Å². The first-order valence-corrected chi connectivity index (χ1v) is 4.34. The third kappa shape index (κ3) is 2.12. The maximum atomic E-state index is 11.1. The van der Waals surface area contributed by atoms with E-state index >= 15 is 0 Å². The van der Waals surface area contributed by atoms with E-state index in [0.29, 0.717) is 31.1 Å². The van der Waals surface area contributed by atoms with E-state index in [1.54, 1.807) is 0 Å². The van der Waals surface area contributed by atoms with Crippen molar-refractivity contribution in [2.75, 3.05) is 13.1 Å². The first kappa shape index (κ1) is 8.37. The van der Waals surface area contributed by atoms with Gasteiger partial charge in [0, 0.05) is 6.42 Å². The molecule has 1 aromatic rings. The minimum atomic E-state index is 0.301. The van der Waals surface area contributed by atoms with Crippen LogP contribution in [0.1, 0.15) is 18.7 Å². The number of piperidine rings is 1. The van der Waals surface area contributed by atoms with Crippen LogP contribution in [0.3, 0.4) is 0 Å². The molecule has 2 heterocycles. The molecule has 0 aromatic carbocycles. The Morgan fingerprint density at radius 3 is 3.23 bits per heavy atom. The van der Waals surface area contributed by atoms with Gasteiger partial charge in [-0.15, -0.1) is 0 Å². The van der Waals surface area contributed by atoms with Crippen molar-refractivity contribution in [2.24, 2.45) is 0 Å². The van der Waals surface area contributed by atoms with Crippen LogP contribution in [0.4, 0.5) is 0 Å². The van der Waals surface area contributed by atoms with Gasteiger partial charge in [0.2, 0.25) is 6.39 Å². The Labute approximate surface area is 75.7 Å². The number of nitrogens with zero attached hydrogens (tertiary/aromatic N) is 3. The fraction of sp³-hybridized carbons (Fsp3) is 0.625. The standard InChI is InChI=1S/C8H11N3O2/c12-7-2-1-3-11(4-7)5-8-9-6-13-10-8/h6H,1-5H2. The predicted octanol–water partition coefficient (Wildman–Crippen LogP) is 0.235. The zero-order valence-electron chi connectivity index (χ0n) is 7.27. The summed E-state index contributed by atoms with van der Waals surface area (Å²) in [5.41, 5.74) is 0. The second-order valence-corrected chi connectivity index (χ2v) is 3.20. The van der Waals surface area contributed by atoms with Gasteiger partial charge in [-0.25, -0.2) is 0 Å². The molecule has 0 aliphatic carbocycles. The van der Waals surface area contributed by atoms with Gasteiger partial charge in [-0.2, -0.15) is 4.98 Å². The summed E-state index contributed by atoms with van der Waals surface area (Å²) >= 11 is 0. The molecule has 0 N–H and O–H groups in total. The lowest BCUT2D eigenvalue weighted by Crippen LogP contribution is -2.35. The molecule has 1 aromatic heterocycles. The summed E-state index contributed by atoms with van der Waals surface area (Å²) in [5.74, 6) is 0.949. The van der Waals surface area contributed by atoms with E-state index in [4.69, 9.17) is 0 Å². The van der Waals surface area contributed by atoms with Crippen LogP contribution in [0.15, 0.2) is 10.9 Å². The molecule has 70 valence electrons. The Kier molecular flexibility index (Phi) is 2.35. The van der Waals surface area contributed by atoms with E-state index in [0.717, 1.165) is 13.0 Å². The summed E-state index contributed by atoms with van der Waals surface area (Å²) in [5, 5.41) is 3.70. The molecule has 1 fully saturated rings. The van der Waals surface area contributed by atoms with E-state index in [1.165, 1.54) is 6.39 Å². The maximum absolute atomic E-state index is 11.1. The summed E-state index contributed by atoms with van der Waals surface area (Å²) in [6, 6.07) is 0. The van der Waals surface area contributed by atoms with Crippen LogP contribution in [-0.4, -0.2) is 33.9 Å². The molecule has 13 heavy (non-hydrogen) atoms. The zero-order chi connectivity index (χ0) is 9.10.